The number of carbonyl (C=O) groups is 1. The van der Waals surface area contributed by atoms with Crippen LogP contribution in [0.3, 0.4) is 0 Å². The Morgan fingerprint density at radius 3 is 2.84 bits per heavy atom. The van der Waals surface area contributed by atoms with Gasteiger partial charge in [0, 0.05) is 5.56 Å². The first-order valence-corrected chi connectivity index (χ1v) is 7.77. The van der Waals surface area contributed by atoms with Crippen LogP contribution in [0.5, 0.6) is 11.5 Å². The number of hydrazone groups is 1. The van der Waals surface area contributed by atoms with Crippen LogP contribution < -0.4 is 14.9 Å². The molecule has 0 saturated heterocycles. The number of carbonyl (C=O) groups excluding carboxylic acids is 1. The van der Waals surface area contributed by atoms with Crippen LogP contribution in [0.4, 0.5) is 0 Å². The molecule has 0 atom stereocenters. The molecule has 0 aromatic heterocycles. The van der Waals surface area contributed by atoms with Crippen molar-refractivity contribution >= 4 is 23.7 Å². The molecule has 2 rings (SSSR count). The van der Waals surface area contributed by atoms with Crippen LogP contribution in [-0.4, -0.2) is 25.8 Å². The quantitative estimate of drug-likeness (QED) is 0.490. The minimum Gasteiger partial charge on any atom is -0.493 e. The second kappa shape index (κ2) is 8.76. The highest BCUT2D eigenvalue weighted by Crippen LogP contribution is 2.35. The van der Waals surface area contributed by atoms with E-state index < -0.39 is 0 Å². The van der Waals surface area contributed by atoms with E-state index in [9.17, 15) is 4.79 Å². The predicted octanol–water partition coefficient (Wildman–Crippen LogP) is 3.43. The number of halogens is 1. The number of benzene rings is 2. The zero-order valence-electron chi connectivity index (χ0n) is 13.9. The maximum Gasteiger partial charge on any atom is 0.271 e. The maximum atomic E-state index is 12.1. The summed E-state index contributed by atoms with van der Waals surface area (Å²) in [5, 5.41) is 4.29. The van der Waals surface area contributed by atoms with Crippen molar-refractivity contribution < 1.29 is 14.3 Å². The molecular weight excluding hydrogens is 340 g/mol. The molecule has 0 radical (unpaired) electrons. The van der Waals surface area contributed by atoms with Gasteiger partial charge in [0.25, 0.3) is 5.91 Å². The molecule has 0 fully saturated rings. The summed E-state index contributed by atoms with van der Waals surface area (Å²) in [5.74, 6) is 2.87. The highest BCUT2D eigenvalue weighted by Gasteiger charge is 2.11. The molecule has 0 heterocycles. The van der Waals surface area contributed by atoms with Gasteiger partial charge >= 0.3 is 0 Å². The number of terminal acetylenes is 1. The Morgan fingerprint density at radius 1 is 1.40 bits per heavy atom. The fraction of sp³-hybridized carbons (Fsp3) is 0.158. The van der Waals surface area contributed by atoms with Crippen molar-refractivity contribution in [2.24, 2.45) is 5.10 Å². The van der Waals surface area contributed by atoms with Gasteiger partial charge in [-0.25, -0.2) is 5.43 Å². The summed E-state index contributed by atoms with van der Waals surface area (Å²) >= 11 is 6.18. The van der Waals surface area contributed by atoms with Gasteiger partial charge < -0.3 is 9.47 Å². The summed E-state index contributed by atoms with van der Waals surface area (Å²) in [6.07, 6.45) is 6.65. The summed E-state index contributed by atoms with van der Waals surface area (Å²) in [6.45, 7) is 1.94. The third-order valence-electron chi connectivity index (χ3n) is 3.32. The summed E-state index contributed by atoms with van der Waals surface area (Å²) in [7, 11) is 1.50. The lowest BCUT2D eigenvalue weighted by Crippen LogP contribution is -2.18. The Bertz CT molecular complexity index is 841. The van der Waals surface area contributed by atoms with Crippen molar-refractivity contribution in [2.45, 2.75) is 6.92 Å². The smallest absolute Gasteiger partial charge is 0.271 e. The lowest BCUT2D eigenvalue weighted by Gasteiger charge is -2.11. The number of methoxy groups -OCH3 is 1. The maximum absolute atomic E-state index is 12.1. The van der Waals surface area contributed by atoms with Crippen molar-refractivity contribution in [3.8, 4) is 23.8 Å². The van der Waals surface area contributed by atoms with Crippen molar-refractivity contribution in [1.29, 1.82) is 0 Å². The van der Waals surface area contributed by atoms with Gasteiger partial charge in [0.1, 0.15) is 6.61 Å². The molecule has 0 bridgehead atoms. The standard InChI is InChI=1S/C19H17ClN2O3/c1-4-9-25-18-16(20)10-14(11-17(18)24-3)12-21-22-19(23)15-8-6-5-7-13(15)2/h1,5-8,10-12H,9H2,2-3H3,(H,22,23)/b21-12-. The molecule has 0 unspecified atom stereocenters. The van der Waals surface area contributed by atoms with Crippen LogP contribution in [-0.2, 0) is 0 Å². The number of hydrogen-bond acceptors (Lipinski definition) is 4. The molecule has 25 heavy (non-hydrogen) atoms. The number of amides is 1. The topological polar surface area (TPSA) is 59.9 Å². The molecule has 5 nitrogen and oxygen atoms in total. The number of nitrogens with zero attached hydrogens (tertiary/aromatic N) is 1. The molecule has 128 valence electrons. The molecule has 0 saturated carbocycles. The van der Waals surface area contributed by atoms with Crippen LogP contribution >= 0.6 is 11.6 Å². The van der Waals surface area contributed by atoms with Crippen molar-refractivity contribution in [1.82, 2.24) is 5.43 Å². The van der Waals surface area contributed by atoms with Gasteiger partial charge in [-0.15, -0.1) is 6.42 Å². The first kappa shape index (κ1) is 18.4. The molecular formula is C19H17ClN2O3. The van der Waals surface area contributed by atoms with Crippen molar-refractivity contribution in [3.63, 3.8) is 0 Å². The van der Waals surface area contributed by atoms with E-state index in [2.05, 4.69) is 16.4 Å². The molecule has 6 heteroatoms. The number of ether oxygens (including phenoxy) is 2. The lowest BCUT2D eigenvalue weighted by molar-refractivity contribution is 0.0954. The SMILES string of the molecule is C#CCOc1c(Cl)cc(/C=N\NC(=O)c2ccccc2C)cc1OC. The lowest BCUT2D eigenvalue weighted by atomic mass is 10.1. The van der Waals surface area contributed by atoms with E-state index >= 15 is 0 Å². The summed E-state index contributed by atoms with van der Waals surface area (Å²) in [4.78, 5) is 12.1. The van der Waals surface area contributed by atoms with E-state index in [0.717, 1.165) is 5.56 Å². The second-order valence-electron chi connectivity index (χ2n) is 5.04. The van der Waals surface area contributed by atoms with Crippen LogP contribution in [0.1, 0.15) is 21.5 Å². The number of rotatable bonds is 6. The van der Waals surface area contributed by atoms with E-state index in [0.29, 0.717) is 27.6 Å². The van der Waals surface area contributed by atoms with Gasteiger partial charge in [-0.2, -0.15) is 5.10 Å². The average molecular weight is 357 g/mol. The minimum absolute atomic E-state index is 0.0794. The van der Waals surface area contributed by atoms with Crippen molar-refractivity contribution in [3.05, 3.63) is 58.1 Å². The van der Waals surface area contributed by atoms with Gasteiger partial charge in [-0.05, 0) is 36.2 Å². The zero-order valence-corrected chi connectivity index (χ0v) is 14.6. The van der Waals surface area contributed by atoms with E-state index in [1.54, 1.807) is 24.3 Å². The second-order valence-corrected chi connectivity index (χ2v) is 5.45. The van der Waals surface area contributed by atoms with E-state index in [1.165, 1.54) is 13.3 Å². The number of aryl methyl sites for hydroxylation is 1. The Hall–Kier alpha value is -2.97. The van der Waals surface area contributed by atoms with E-state index in [1.807, 2.05) is 19.1 Å². The normalized spacial score (nSPS) is 10.3. The van der Waals surface area contributed by atoms with Crippen LogP contribution in [0.15, 0.2) is 41.5 Å². The van der Waals surface area contributed by atoms with E-state index in [-0.39, 0.29) is 12.5 Å². The molecule has 1 amide bonds. The summed E-state index contributed by atoms with van der Waals surface area (Å²) < 4.78 is 10.6. The monoisotopic (exact) mass is 356 g/mol. The van der Waals surface area contributed by atoms with E-state index in [4.69, 9.17) is 27.5 Å². The van der Waals surface area contributed by atoms with Gasteiger partial charge in [0.2, 0.25) is 0 Å². The highest BCUT2D eigenvalue weighted by atomic mass is 35.5. The highest BCUT2D eigenvalue weighted by molar-refractivity contribution is 6.32. The van der Waals surface area contributed by atoms with Gasteiger partial charge in [-0.1, -0.05) is 35.7 Å². The molecule has 2 aromatic carbocycles. The third-order valence-corrected chi connectivity index (χ3v) is 3.60. The fourth-order valence-corrected chi connectivity index (χ4v) is 2.40. The van der Waals surface area contributed by atoms with Crippen LogP contribution in [0.2, 0.25) is 5.02 Å². The van der Waals surface area contributed by atoms with Gasteiger partial charge in [0.15, 0.2) is 11.5 Å². The molecule has 0 spiro atoms. The Balaban J connectivity index is 2.13. The molecule has 0 aliphatic heterocycles. The van der Waals surface area contributed by atoms with Crippen molar-refractivity contribution in [2.75, 3.05) is 13.7 Å². The zero-order chi connectivity index (χ0) is 18.2. The minimum atomic E-state index is -0.290. The molecule has 0 aliphatic carbocycles. The summed E-state index contributed by atoms with van der Waals surface area (Å²) in [6, 6.07) is 10.6. The number of nitrogens with one attached hydrogen (secondary N) is 1. The van der Waals surface area contributed by atoms with Crippen LogP contribution in [0, 0.1) is 19.3 Å². The Kier molecular flexibility index (Phi) is 6.44. The first-order valence-electron chi connectivity index (χ1n) is 7.39. The van der Waals surface area contributed by atoms with Crippen LogP contribution in [0.25, 0.3) is 0 Å². The van der Waals surface area contributed by atoms with Gasteiger partial charge in [-0.3, -0.25) is 4.79 Å². The largest absolute Gasteiger partial charge is 0.493 e. The Labute approximate surface area is 151 Å². The third kappa shape index (κ3) is 4.75. The fourth-order valence-electron chi connectivity index (χ4n) is 2.12. The predicted molar refractivity (Wildman–Crippen MR) is 98.6 cm³/mol. The summed E-state index contributed by atoms with van der Waals surface area (Å²) in [5.41, 5.74) is 4.56. The molecule has 2 aromatic rings. The van der Waals surface area contributed by atoms with Gasteiger partial charge in [0.05, 0.1) is 18.3 Å². The average Bonchev–Trinajstić information content (AvgIpc) is 2.60. The Morgan fingerprint density at radius 2 is 2.16 bits per heavy atom. The first-order chi connectivity index (χ1) is 12.1. The molecule has 1 N–H and O–H groups in total. The number of hydrogen-bond donors (Lipinski definition) is 1. The molecule has 0 aliphatic rings.